The Morgan fingerprint density at radius 2 is 0.727 bits per heavy atom. The van der Waals surface area contributed by atoms with Crippen LogP contribution in [0.25, 0.3) is 44.2 Å². The highest BCUT2D eigenvalue weighted by Gasteiger charge is 2.43. The zero-order chi connectivity index (χ0) is 44.9. The predicted octanol–water partition coefficient (Wildman–Crippen LogP) is 17.7. The van der Waals surface area contributed by atoms with E-state index in [0.717, 1.165) is 34.1 Å². The SMILES string of the molecule is Cc1ccccc1-c1ccc(N(c2ccccc2)c2ccc3c(c2)C(C)(c2ccccc2)c2cc(N(c4ccccc4)c4ccc(-c5ccccc5C)c(C)c4)c4ccccc4c2-3)cc1C. The first kappa shape index (κ1) is 40.8. The molecule has 2 nitrogen and oxygen atoms in total. The normalized spacial score (nSPS) is 13.9. The van der Waals surface area contributed by atoms with Crippen molar-refractivity contribution in [2.24, 2.45) is 0 Å². The van der Waals surface area contributed by atoms with Gasteiger partial charge in [-0.1, -0.05) is 158 Å². The Morgan fingerprint density at radius 1 is 0.303 bits per heavy atom. The summed E-state index contributed by atoms with van der Waals surface area (Å²) in [5.74, 6) is 0. The first-order valence-electron chi connectivity index (χ1n) is 23.1. The molecule has 0 N–H and O–H groups in total. The minimum atomic E-state index is -0.485. The molecule has 1 aliphatic carbocycles. The van der Waals surface area contributed by atoms with Crippen LogP contribution in [0.15, 0.2) is 224 Å². The number of aryl methyl sites for hydroxylation is 4. The maximum absolute atomic E-state index is 2.50. The molecule has 1 atom stereocenters. The number of para-hydroxylation sites is 2. The zero-order valence-electron chi connectivity index (χ0n) is 38.3. The average Bonchev–Trinajstić information content (AvgIpc) is 3.61. The summed E-state index contributed by atoms with van der Waals surface area (Å²) in [4.78, 5) is 4.89. The smallest absolute Gasteiger partial charge is 0.0543 e. The molecule has 0 amide bonds. The van der Waals surface area contributed by atoms with E-state index in [-0.39, 0.29) is 0 Å². The van der Waals surface area contributed by atoms with Crippen molar-refractivity contribution in [3.8, 4) is 33.4 Å². The first-order chi connectivity index (χ1) is 32.3. The Bertz CT molecular complexity index is 3430. The Labute approximate surface area is 389 Å². The Morgan fingerprint density at radius 3 is 1.27 bits per heavy atom. The monoisotopic (exact) mass is 848 g/mol. The van der Waals surface area contributed by atoms with E-state index >= 15 is 0 Å². The molecule has 10 aromatic carbocycles. The second-order valence-corrected chi connectivity index (χ2v) is 18.1. The number of fused-ring (bicyclic) bond motifs is 5. The third-order valence-corrected chi connectivity index (χ3v) is 14.1. The van der Waals surface area contributed by atoms with Crippen molar-refractivity contribution in [1.82, 2.24) is 0 Å². The fraction of sp³-hybridized carbons (Fsp3) is 0.0938. The van der Waals surface area contributed by atoms with Crippen molar-refractivity contribution >= 4 is 44.9 Å². The number of hydrogen-bond acceptors (Lipinski definition) is 2. The Balaban J connectivity index is 1.12. The lowest BCUT2D eigenvalue weighted by atomic mass is 9.73. The highest BCUT2D eigenvalue weighted by atomic mass is 15.1. The third-order valence-electron chi connectivity index (χ3n) is 14.1. The molecule has 11 rings (SSSR count). The van der Waals surface area contributed by atoms with Gasteiger partial charge in [0.05, 0.1) is 5.69 Å². The molecule has 0 bridgehead atoms. The van der Waals surface area contributed by atoms with Crippen molar-refractivity contribution in [2.45, 2.75) is 40.0 Å². The van der Waals surface area contributed by atoms with Gasteiger partial charge >= 0.3 is 0 Å². The minimum absolute atomic E-state index is 0.485. The van der Waals surface area contributed by atoms with E-state index in [1.54, 1.807) is 0 Å². The van der Waals surface area contributed by atoms with Gasteiger partial charge in [-0.3, -0.25) is 0 Å². The molecule has 1 unspecified atom stereocenters. The molecule has 0 saturated carbocycles. The number of benzene rings is 10. The van der Waals surface area contributed by atoms with Crippen LogP contribution in [-0.2, 0) is 5.41 Å². The Kier molecular flexibility index (Phi) is 10.2. The predicted molar refractivity (Wildman–Crippen MR) is 281 cm³/mol. The highest BCUT2D eigenvalue weighted by Crippen LogP contribution is 2.58. The van der Waals surface area contributed by atoms with Crippen molar-refractivity contribution in [3.63, 3.8) is 0 Å². The molecule has 0 radical (unpaired) electrons. The molecular formula is C64H52N2. The van der Waals surface area contributed by atoms with Crippen LogP contribution in [0.2, 0.25) is 0 Å². The molecule has 0 spiro atoms. The number of hydrogen-bond donors (Lipinski definition) is 0. The van der Waals surface area contributed by atoms with Gasteiger partial charge in [0.2, 0.25) is 0 Å². The topological polar surface area (TPSA) is 6.48 Å². The molecule has 0 saturated heterocycles. The van der Waals surface area contributed by atoms with E-state index in [0.29, 0.717) is 0 Å². The van der Waals surface area contributed by atoms with Crippen molar-refractivity contribution in [1.29, 1.82) is 0 Å². The fourth-order valence-corrected chi connectivity index (χ4v) is 10.7. The van der Waals surface area contributed by atoms with Crippen molar-refractivity contribution < 1.29 is 0 Å². The quantitative estimate of drug-likeness (QED) is 0.143. The summed E-state index contributed by atoms with van der Waals surface area (Å²) in [6, 6.07) is 82.8. The lowest BCUT2D eigenvalue weighted by Gasteiger charge is -2.33. The molecule has 66 heavy (non-hydrogen) atoms. The first-order valence-corrected chi connectivity index (χ1v) is 23.1. The van der Waals surface area contributed by atoms with Crippen LogP contribution in [0, 0.1) is 27.7 Å². The second kappa shape index (κ2) is 16.6. The molecule has 0 aliphatic heterocycles. The summed E-state index contributed by atoms with van der Waals surface area (Å²) >= 11 is 0. The molecule has 2 heteroatoms. The summed E-state index contributed by atoms with van der Waals surface area (Å²) in [6.45, 7) is 11.3. The number of anilines is 6. The maximum Gasteiger partial charge on any atom is 0.0543 e. The second-order valence-electron chi connectivity index (χ2n) is 18.1. The van der Waals surface area contributed by atoms with Crippen LogP contribution in [0.1, 0.15) is 45.9 Å². The van der Waals surface area contributed by atoms with Crippen LogP contribution in [0.3, 0.4) is 0 Å². The number of rotatable bonds is 9. The molecule has 0 aromatic heterocycles. The van der Waals surface area contributed by atoms with Crippen molar-refractivity contribution in [2.75, 3.05) is 9.80 Å². The van der Waals surface area contributed by atoms with Gasteiger partial charge in [-0.15, -0.1) is 0 Å². The van der Waals surface area contributed by atoms with Crippen LogP contribution in [0.5, 0.6) is 0 Å². The summed E-state index contributed by atoms with van der Waals surface area (Å²) in [5.41, 5.74) is 22.8. The third kappa shape index (κ3) is 6.80. The van der Waals surface area contributed by atoms with E-state index in [1.165, 1.54) is 83.1 Å². The summed E-state index contributed by atoms with van der Waals surface area (Å²) in [6.07, 6.45) is 0. The van der Waals surface area contributed by atoms with Crippen LogP contribution in [0.4, 0.5) is 34.1 Å². The molecule has 0 fully saturated rings. The minimum Gasteiger partial charge on any atom is -0.310 e. The van der Waals surface area contributed by atoms with Crippen LogP contribution < -0.4 is 9.80 Å². The van der Waals surface area contributed by atoms with Gasteiger partial charge in [-0.25, -0.2) is 0 Å². The van der Waals surface area contributed by atoms with Crippen molar-refractivity contribution in [3.05, 3.63) is 263 Å². The summed E-state index contributed by atoms with van der Waals surface area (Å²) in [5, 5.41) is 2.46. The molecular weight excluding hydrogens is 797 g/mol. The highest BCUT2D eigenvalue weighted by molar-refractivity contribution is 6.10. The average molecular weight is 849 g/mol. The van der Waals surface area contributed by atoms with Gasteiger partial charge in [-0.2, -0.15) is 0 Å². The van der Waals surface area contributed by atoms with Gasteiger partial charge < -0.3 is 9.80 Å². The maximum atomic E-state index is 2.50. The summed E-state index contributed by atoms with van der Waals surface area (Å²) in [7, 11) is 0. The van der Waals surface area contributed by atoms with Gasteiger partial charge in [-0.05, 0) is 179 Å². The molecule has 0 heterocycles. The zero-order valence-corrected chi connectivity index (χ0v) is 38.3. The van der Waals surface area contributed by atoms with E-state index < -0.39 is 5.41 Å². The fourth-order valence-electron chi connectivity index (χ4n) is 10.7. The van der Waals surface area contributed by atoms with Gasteiger partial charge in [0.15, 0.2) is 0 Å². The largest absolute Gasteiger partial charge is 0.310 e. The van der Waals surface area contributed by atoms with Crippen LogP contribution >= 0.6 is 0 Å². The molecule has 318 valence electrons. The standard InChI is InChI=1S/C64H52N2/c1-43-21-15-17-29-53(43)55-36-33-50(39-45(55)3)65(48-25-11-7-12-26-48)52-35-38-59-60(41-52)64(5,47-23-9-6-10-24-47)61-42-62(57-31-19-20-32-58(57)63(59)61)66(49-27-13-8-14-28-49)51-34-37-56(46(4)40-51)54-30-18-16-22-44(54)2/h6-42H,1-5H3. The molecule has 1 aliphatic rings. The van der Waals surface area contributed by atoms with E-state index in [9.17, 15) is 0 Å². The van der Waals surface area contributed by atoms with Gasteiger partial charge in [0, 0.05) is 39.2 Å². The van der Waals surface area contributed by atoms with Gasteiger partial charge in [0.25, 0.3) is 0 Å². The van der Waals surface area contributed by atoms with E-state index in [2.05, 4.69) is 269 Å². The number of nitrogens with zero attached hydrogens (tertiary/aromatic N) is 2. The van der Waals surface area contributed by atoms with E-state index in [1.807, 2.05) is 0 Å². The molecule has 10 aromatic rings. The summed E-state index contributed by atoms with van der Waals surface area (Å²) < 4.78 is 0. The Hall–Kier alpha value is -7.94. The lowest BCUT2D eigenvalue weighted by Crippen LogP contribution is -2.23. The van der Waals surface area contributed by atoms with E-state index in [4.69, 9.17) is 0 Å². The van der Waals surface area contributed by atoms with Crippen LogP contribution in [-0.4, -0.2) is 0 Å². The van der Waals surface area contributed by atoms with Gasteiger partial charge in [0.1, 0.15) is 0 Å². The lowest BCUT2D eigenvalue weighted by molar-refractivity contribution is 0.714.